The van der Waals surface area contributed by atoms with E-state index in [4.69, 9.17) is 4.74 Å². The van der Waals surface area contributed by atoms with E-state index in [1.165, 1.54) is 25.3 Å². The number of methoxy groups -OCH3 is 1. The lowest BCUT2D eigenvalue weighted by atomic mass is 10.2. The molecule has 0 saturated carbocycles. The van der Waals surface area contributed by atoms with Crippen molar-refractivity contribution in [2.75, 3.05) is 17.7 Å². The van der Waals surface area contributed by atoms with E-state index in [1.54, 1.807) is 31.3 Å². The lowest BCUT2D eigenvalue weighted by molar-refractivity contribution is 0.101. The third-order valence-electron chi connectivity index (χ3n) is 3.66. The maximum Gasteiger partial charge on any atom is 0.266 e. The fourth-order valence-electron chi connectivity index (χ4n) is 2.41. The predicted molar refractivity (Wildman–Crippen MR) is 102 cm³/mol. The summed E-state index contributed by atoms with van der Waals surface area (Å²) >= 11 is 1.13. The number of nitrogens with zero attached hydrogens (tertiary/aromatic N) is 1. The van der Waals surface area contributed by atoms with Crippen LogP contribution in [0.15, 0.2) is 48.7 Å². The number of carbonyl (C=O) groups excluding carboxylic acids is 2. The van der Waals surface area contributed by atoms with Gasteiger partial charge in [0, 0.05) is 11.8 Å². The van der Waals surface area contributed by atoms with Crippen molar-refractivity contribution in [2.45, 2.75) is 6.92 Å². The summed E-state index contributed by atoms with van der Waals surface area (Å²) in [6, 6.07) is 10.4. The first-order valence-electron chi connectivity index (χ1n) is 7.95. The molecule has 2 heterocycles. The summed E-state index contributed by atoms with van der Waals surface area (Å²) in [5.41, 5.74) is 1.35. The fourth-order valence-corrected chi connectivity index (χ4v) is 3.37. The molecule has 138 valence electrons. The van der Waals surface area contributed by atoms with Crippen LogP contribution in [0, 0.1) is 12.7 Å². The van der Waals surface area contributed by atoms with E-state index in [-0.39, 0.29) is 11.5 Å². The zero-order valence-electron chi connectivity index (χ0n) is 14.6. The Hall–Kier alpha value is -3.26. The maximum absolute atomic E-state index is 13.3. The van der Waals surface area contributed by atoms with E-state index < -0.39 is 11.7 Å². The van der Waals surface area contributed by atoms with Gasteiger partial charge in [-0.25, -0.2) is 9.37 Å². The predicted octanol–water partition coefficient (Wildman–Crippen LogP) is 4.10. The quantitative estimate of drug-likeness (QED) is 0.693. The van der Waals surface area contributed by atoms with Crippen molar-refractivity contribution in [1.29, 1.82) is 0 Å². The average molecular weight is 385 g/mol. The van der Waals surface area contributed by atoms with Crippen molar-refractivity contribution in [1.82, 2.24) is 4.98 Å². The summed E-state index contributed by atoms with van der Waals surface area (Å²) < 4.78 is 18.4. The van der Waals surface area contributed by atoms with Crippen molar-refractivity contribution in [3.8, 4) is 5.88 Å². The average Bonchev–Trinajstić information content (AvgIpc) is 3.02. The molecule has 2 aromatic heterocycles. The zero-order valence-corrected chi connectivity index (χ0v) is 15.4. The van der Waals surface area contributed by atoms with Crippen LogP contribution >= 0.6 is 11.3 Å². The largest absolute Gasteiger partial charge is 0.480 e. The van der Waals surface area contributed by atoms with Gasteiger partial charge in [-0.05, 0) is 48.9 Å². The highest BCUT2D eigenvalue weighted by Gasteiger charge is 2.17. The number of rotatable bonds is 5. The van der Waals surface area contributed by atoms with Crippen molar-refractivity contribution in [3.63, 3.8) is 0 Å². The van der Waals surface area contributed by atoms with Crippen LogP contribution in [0.5, 0.6) is 5.88 Å². The molecule has 1 aromatic carbocycles. The second-order valence-corrected chi connectivity index (χ2v) is 6.65. The molecular formula is C19H16FN3O3S. The number of hydrogen-bond donors (Lipinski definition) is 2. The van der Waals surface area contributed by atoms with Crippen LogP contribution < -0.4 is 15.4 Å². The van der Waals surface area contributed by atoms with Gasteiger partial charge in [-0.3, -0.25) is 9.59 Å². The first kappa shape index (κ1) is 18.5. The van der Waals surface area contributed by atoms with Gasteiger partial charge in [0.05, 0.1) is 17.0 Å². The van der Waals surface area contributed by atoms with Crippen molar-refractivity contribution < 1.29 is 18.7 Å². The van der Waals surface area contributed by atoms with Crippen molar-refractivity contribution in [2.24, 2.45) is 0 Å². The Balaban J connectivity index is 1.76. The van der Waals surface area contributed by atoms with Gasteiger partial charge in [0.15, 0.2) is 0 Å². The Morgan fingerprint density at radius 2 is 1.93 bits per heavy atom. The first-order valence-corrected chi connectivity index (χ1v) is 8.77. The Morgan fingerprint density at radius 3 is 2.67 bits per heavy atom. The molecule has 0 spiro atoms. The van der Waals surface area contributed by atoms with Gasteiger partial charge in [-0.15, -0.1) is 11.3 Å². The number of nitrogens with one attached hydrogen (secondary N) is 2. The molecular weight excluding hydrogens is 369 g/mol. The Labute approximate surface area is 159 Å². The maximum atomic E-state index is 13.3. The highest BCUT2D eigenvalue weighted by Crippen LogP contribution is 2.29. The van der Waals surface area contributed by atoms with Crippen LogP contribution in [0.25, 0.3) is 0 Å². The number of carbonyl (C=O) groups is 2. The normalized spacial score (nSPS) is 10.3. The van der Waals surface area contributed by atoms with Crippen LogP contribution in [0.2, 0.25) is 0 Å². The molecule has 0 saturated heterocycles. The van der Waals surface area contributed by atoms with Gasteiger partial charge in [0.1, 0.15) is 11.5 Å². The molecule has 0 unspecified atom stereocenters. The van der Waals surface area contributed by atoms with Crippen LogP contribution in [-0.2, 0) is 0 Å². The topological polar surface area (TPSA) is 80.3 Å². The number of aryl methyl sites for hydroxylation is 1. The molecule has 27 heavy (non-hydrogen) atoms. The highest BCUT2D eigenvalue weighted by atomic mass is 32.1. The van der Waals surface area contributed by atoms with E-state index in [0.717, 1.165) is 17.4 Å². The molecule has 2 amide bonds. The number of thiophene rings is 1. The fraction of sp³-hybridized carbons (Fsp3) is 0.105. The first-order chi connectivity index (χ1) is 13.0. The van der Waals surface area contributed by atoms with Crippen LogP contribution in [0.3, 0.4) is 0 Å². The minimum atomic E-state index is -0.490. The minimum absolute atomic E-state index is 0.201. The standard InChI is InChI=1S/C19H16FN3O3S/c1-11-9-15(23-17(24)12-5-3-6-13(20)10-12)27-16(11)18(25)22-14-7-4-8-21-19(14)26-2/h3-10H,1-2H3,(H,22,25)(H,23,24). The molecule has 3 aromatic rings. The van der Waals surface area contributed by atoms with E-state index in [0.29, 0.717) is 27.0 Å². The van der Waals surface area contributed by atoms with Crippen molar-refractivity contribution >= 4 is 33.8 Å². The summed E-state index contributed by atoms with van der Waals surface area (Å²) in [6.45, 7) is 1.77. The molecule has 0 aliphatic heterocycles. The van der Waals surface area contributed by atoms with Crippen LogP contribution in [0.1, 0.15) is 25.6 Å². The number of anilines is 2. The lowest BCUT2D eigenvalue weighted by Gasteiger charge is -2.08. The molecule has 0 aliphatic carbocycles. The van der Waals surface area contributed by atoms with Gasteiger partial charge in [-0.1, -0.05) is 6.07 Å². The molecule has 3 rings (SSSR count). The van der Waals surface area contributed by atoms with Gasteiger partial charge in [0.2, 0.25) is 5.88 Å². The van der Waals surface area contributed by atoms with Crippen molar-refractivity contribution in [3.05, 3.63) is 70.5 Å². The Kier molecular flexibility index (Phi) is 5.46. The van der Waals surface area contributed by atoms with Gasteiger partial charge >= 0.3 is 0 Å². The second-order valence-electron chi connectivity index (χ2n) is 5.60. The number of halogens is 1. The van der Waals surface area contributed by atoms with Gasteiger partial charge in [0.25, 0.3) is 11.8 Å². The summed E-state index contributed by atoms with van der Waals surface area (Å²) in [7, 11) is 1.47. The Bertz CT molecular complexity index is 1000. The zero-order chi connectivity index (χ0) is 19.4. The summed E-state index contributed by atoms with van der Waals surface area (Å²) in [5.74, 6) is -0.970. The smallest absolute Gasteiger partial charge is 0.266 e. The van der Waals surface area contributed by atoms with E-state index in [2.05, 4.69) is 15.6 Å². The number of pyridine rings is 1. The van der Waals surface area contributed by atoms with Crippen LogP contribution in [-0.4, -0.2) is 23.9 Å². The highest BCUT2D eigenvalue weighted by molar-refractivity contribution is 7.18. The van der Waals surface area contributed by atoms with Gasteiger partial charge in [-0.2, -0.15) is 0 Å². The van der Waals surface area contributed by atoms with E-state index in [1.807, 2.05) is 0 Å². The summed E-state index contributed by atoms with van der Waals surface area (Å²) in [6.07, 6.45) is 1.56. The molecule has 2 N–H and O–H groups in total. The molecule has 0 bridgehead atoms. The summed E-state index contributed by atoms with van der Waals surface area (Å²) in [4.78, 5) is 29.3. The number of aromatic nitrogens is 1. The summed E-state index contributed by atoms with van der Waals surface area (Å²) in [5, 5.41) is 5.92. The number of hydrogen-bond acceptors (Lipinski definition) is 5. The SMILES string of the molecule is COc1ncccc1NC(=O)c1sc(NC(=O)c2cccc(F)c2)cc1C. The molecule has 0 fully saturated rings. The van der Waals surface area contributed by atoms with Gasteiger partial charge < -0.3 is 15.4 Å². The molecule has 0 aliphatic rings. The third kappa shape index (κ3) is 4.29. The van der Waals surface area contributed by atoms with E-state index >= 15 is 0 Å². The monoisotopic (exact) mass is 385 g/mol. The molecule has 0 atom stereocenters. The lowest BCUT2D eigenvalue weighted by Crippen LogP contribution is -2.12. The number of benzene rings is 1. The van der Waals surface area contributed by atoms with Crippen LogP contribution in [0.4, 0.5) is 15.1 Å². The second kappa shape index (κ2) is 7.96. The molecule has 6 nitrogen and oxygen atoms in total. The van der Waals surface area contributed by atoms with E-state index in [9.17, 15) is 14.0 Å². The molecule has 0 radical (unpaired) electrons. The number of amides is 2. The third-order valence-corrected chi connectivity index (χ3v) is 4.81. The number of ether oxygens (including phenoxy) is 1. The minimum Gasteiger partial charge on any atom is -0.480 e. The Morgan fingerprint density at radius 1 is 1.11 bits per heavy atom. The molecule has 8 heteroatoms.